The Morgan fingerprint density at radius 2 is 0.682 bits per heavy atom. The van der Waals surface area contributed by atoms with E-state index in [-0.39, 0.29) is 0 Å². The molecule has 0 aliphatic rings. The van der Waals surface area contributed by atoms with E-state index in [1.54, 1.807) is 13.8 Å². The normalized spacial score (nSPS) is 15.4. The minimum absolute atomic E-state index is 0.352. The highest BCUT2D eigenvalue weighted by atomic mass is 16.7. The molecule has 12 nitrogen and oxygen atoms in total. The predicted octanol–water partition coefficient (Wildman–Crippen LogP) is 5.82. The average molecular weight is 635 g/mol. The summed E-state index contributed by atoms with van der Waals surface area (Å²) in [6.45, 7) is 15.7. The Morgan fingerprint density at radius 3 is 0.932 bits per heavy atom. The van der Waals surface area contributed by atoms with Crippen molar-refractivity contribution in [2.45, 2.75) is 145 Å². The van der Waals surface area contributed by atoms with Crippen LogP contribution in [-0.4, -0.2) is 75.5 Å². The van der Waals surface area contributed by atoms with Gasteiger partial charge in [-0.25, -0.2) is 0 Å². The molecular weight excluding hydrogens is 576 g/mol. The van der Waals surface area contributed by atoms with Gasteiger partial charge < -0.3 is 37.9 Å². The van der Waals surface area contributed by atoms with Crippen molar-refractivity contribution < 1.29 is 57.1 Å². The first-order valence-corrected chi connectivity index (χ1v) is 16.2. The molecule has 0 aromatic carbocycles. The average Bonchev–Trinajstić information content (AvgIpc) is 2.95. The van der Waals surface area contributed by atoms with Crippen LogP contribution in [0.2, 0.25) is 0 Å². The van der Waals surface area contributed by atoms with Crippen LogP contribution in [0.3, 0.4) is 0 Å². The monoisotopic (exact) mass is 634 g/mol. The van der Waals surface area contributed by atoms with Crippen LogP contribution in [0.5, 0.6) is 0 Å². The van der Waals surface area contributed by atoms with Gasteiger partial charge in [-0.15, -0.1) is 0 Å². The molecule has 0 rings (SSSR count). The lowest BCUT2D eigenvalue weighted by Gasteiger charge is -2.27. The number of hydrogen-bond acceptors (Lipinski definition) is 12. The van der Waals surface area contributed by atoms with E-state index >= 15 is 0 Å². The third-order valence-electron chi connectivity index (χ3n) is 6.43. The molecule has 258 valence electrons. The maximum absolute atomic E-state index is 13.5. The van der Waals surface area contributed by atoms with Crippen LogP contribution in [0.1, 0.15) is 120 Å². The summed E-state index contributed by atoms with van der Waals surface area (Å²) in [4.78, 5) is 52.9. The fourth-order valence-electron chi connectivity index (χ4n) is 3.82. The van der Waals surface area contributed by atoms with Gasteiger partial charge in [-0.1, -0.05) is 53.4 Å². The van der Waals surface area contributed by atoms with Crippen molar-refractivity contribution in [3.05, 3.63) is 0 Å². The SMILES string of the molecule is CCCCOC(C)OC(=O)CC(C(=O)OC(C)OCCCC)C(CC(=O)OC(C)OCCCC)C(=O)OC(C)OCCCC. The first-order valence-electron chi connectivity index (χ1n) is 16.2. The molecule has 0 fully saturated rings. The Hall–Kier alpha value is -2.28. The Bertz CT molecular complexity index is 725. The van der Waals surface area contributed by atoms with E-state index in [4.69, 9.17) is 37.9 Å². The Kier molecular flexibility index (Phi) is 24.6. The zero-order valence-electron chi connectivity index (χ0n) is 28.3. The molecule has 0 saturated heterocycles. The summed E-state index contributed by atoms with van der Waals surface area (Å²) in [7, 11) is 0. The second-order valence-corrected chi connectivity index (χ2v) is 10.6. The topological polar surface area (TPSA) is 142 Å². The van der Waals surface area contributed by atoms with E-state index in [1.807, 2.05) is 27.7 Å². The molecule has 0 aromatic rings. The largest absolute Gasteiger partial charge is 0.436 e. The molecule has 44 heavy (non-hydrogen) atoms. The van der Waals surface area contributed by atoms with Crippen LogP contribution < -0.4 is 0 Å². The molecule has 0 spiro atoms. The molecule has 6 atom stereocenters. The van der Waals surface area contributed by atoms with E-state index in [0.29, 0.717) is 26.4 Å². The zero-order valence-corrected chi connectivity index (χ0v) is 28.3. The van der Waals surface area contributed by atoms with Crippen molar-refractivity contribution in [3.8, 4) is 0 Å². The summed E-state index contributed by atoms with van der Waals surface area (Å²) in [5.41, 5.74) is 0. The van der Waals surface area contributed by atoms with Gasteiger partial charge in [0, 0.05) is 0 Å². The Balaban J connectivity index is 6.04. The molecule has 0 amide bonds. The van der Waals surface area contributed by atoms with Crippen LogP contribution >= 0.6 is 0 Å². The number of ether oxygens (including phenoxy) is 8. The molecule has 0 heterocycles. The number of carbonyl (C=O) groups is 4. The van der Waals surface area contributed by atoms with E-state index < -0.39 is 73.7 Å². The second kappa shape index (κ2) is 26.0. The van der Waals surface area contributed by atoms with Crippen molar-refractivity contribution in [2.75, 3.05) is 26.4 Å². The van der Waals surface area contributed by atoms with Crippen LogP contribution in [0.25, 0.3) is 0 Å². The lowest BCUT2D eigenvalue weighted by Crippen LogP contribution is -2.39. The summed E-state index contributed by atoms with van der Waals surface area (Å²) < 4.78 is 43.7. The first kappa shape index (κ1) is 41.7. The van der Waals surface area contributed by atoms with Gasteiger partial charge in [0.05, 0.1) is 51.1 Å². The number of rotatable bonds is 27. The number of carbonyl (C=O) groups excluding carboxylic acids is 4. The standard InChI is InChI=1S/C32H58O12/c1-9-13-17-37-23(5)41-29(33)21-27(31(35)43-25(7)39-19-15-11-3)28(32(36)44-26(8)40-20-16-12-4)22-30(34)42-24(6)38-18-14-10-2/h23-28H,9-22H2,1-8H3. The number of hydrogen-bond donors (Lipinski definition) is 0. The molecule has 0 radical (unpaired) electrons. The summed E-state index contributed by atoms with van der Waals surface area (Å²) in [6.07, 6.45) is 1.76. The maximum Gasteiger partial charge on any atom is 0.312 e. The lowest BCUT2D eigenvalue weighted by atomic mass is 9.86. The lowest BCUT2D eigenvalue weighted by molar-refractivity contribution is -0.198. The minimum atomic E-state index is -1.46. The molecule has 12 heteroatoms. The highest BCUT2D eigenvalue weighted by Crippen LogP contribution is 2.27. The minimum Gasteiger partial charge on any atom is -0.436 e. The van der Waals surface area contributed by atoms with E-state index in [0.717, 1.165) is 51.4 Å². The highest BCUT2D eigenvalue weighted by molar-refractivity contribution is 5.88. The fourth-order valence-corrected chi connectivity index (χ4v) is 3.82. The molecule has 0 N–H and O–H groups in total. The van der Waals surface area contributed by atoms with Crippen LogP contribution in [0.4, 0.5) is 0 Å². The molecule has 0 bridgehead atoms. The summed E-state index contributed by atoms with van der Waals surface area (Å²) in [6, 6.07) is 0. The van der Waals surface area contributed by atoms with Crippen LogP contribution in [0, 0.1) is 11.8 Å². The molecule has 6 unspecified atom stereocenters. The van der Waals surface area contributed by atoms with Gasteiger partial charge in [0.25, 0.3) is 0 Å². The van der Waals surface area contributed by atoms with E-state index in [2.05, 4.69) is 0 Å². The van der Waals surface area contributed by atoms with Gasteiger partial charge >= 0.3 is 23.9 Å². The summed E-state index contributed by atoms with van der Waals surface area (Å²) in [5.74, 6) is -6.39. The van der Waals surface area contributed by atoms with Crippen molar-refractivity contribution >= 4 is 23.9 Å². The molecule has 0 aliphatic heterocycles. The summed E-state index contributed by atoms with van der Waals surface area (Å²) in [5, 5.41) is 0. The van der Waals surface area contributed by atoms with Crippen molar-refractivity contribution in [3.63, 3.8) is 0 Å². The molecule has 0 aromatic heterocycles. The van der Waals surface area contributed by atoms with Gasteiger partial charge in [0.15, 0.2) is 25.2 Å². The van der Waals surface area contributed by atoms with Crippen molar-refractivity contribution in [1.82, 2.24) is 0 Å². The first-order chi connectivity index (χ1) is 21.0. The van der Waals surface area contributed by atoms with E-state index in [9.17, 15) is 19.2 Å². The van der Waals surface area contributed by atoms with Crippen molar-refractivity contribution in [1.29, 1.82) is 0 Å². The predicted molar refractivity (Wildman–Crippen MR) is 162 cm³/mol. The van der Waals surface area contributed by atoms with Crippen LogP contribution in [0.15, 0.2) is 0 Å². The highest BCUT2D eigenvalue weighted by Gasteiger charge is 2.41. The quantitative estimate of drug-likeness (QED) is 0.0465. The zero-order chi connectivity index (χ0) is 33.3. The third kappa shape index (κ3) is 20.6. The van der Waals surface area contributed by atoms with Gasteiger partial charge in [-0.05, 0) is 53.4 Å². The molecule has 0 saturated carbocycles. The van der Waals surface area contributed by atoms with Crippen LogP contribution in [-0.2, 0) is 57.1 Å². The Morgan fingerprint density at radius 1 is 0.432 bits per heavy atom. The van der Waals surface area contributed by atoms with Crippen molar-refractivity contribution in [2.24, 2.45) is 11.8 Å². The van der Waals surface area contributed by atoms with Gasteiger partial charge in [0.2, 0.25) is 0 Å². The van der Waals surface area contributed by atoms with Gasteiger partial charge in [-0.2, -0.15) is 0 Å². The van der Waals surface area contributed by atoms with Gasteiger partial charge in [-0.3, -0.25) is 19.2 Å². The number of esters is 4. The smallest absolute Gasteiger partial charge is 0.312 e. The van der Waals surface area contributed by atoms with Gasteiger partial charge in [0.1, 0.15) is 0 Å². The maximum atomic E-state index is 13.5. The Labute approximate surface area is 264 Å². The number of unbranched alkanes of at least 4 members (excludes halogenated alkanes) is 4. The second-order valence-electron chi connectivity index (χ2n) is 10.6. The molecular formula is C32H58O12. The third-order valence-corrected chi connectivity index (χ3v) is 6.43. The molecule has 0 aliphatic carbocycles. The van der Waals surface area contributed by atoms with E-state index in [1.165, 1.54) is 13.8 Å². The summed E-state index contributed by atoms with van der Waals surface area (Å²) >= 11 is 0. The fraction of sp³-hybridized carbons (Fsp3) is 0.875.